The van der Waals surface area contributed by atoms with Crippen molar-refractivity contribution in [2.75, 3.05) is 19.8 Å². The number of hydrogen-bond acceptors (Lipinski definition) is 7. The number of rotatable bonds is 2. The Morgan fingerprint density at radius 3 is 2.41 bits per heavy atom. The fraction of sp³-hybridized carbons (Fsp3) is 0.880. The van der Waals surface area contributed by atoms with Gasteiger partial charge in [0.1, 0.15) is 12.2 Å². The number of carbonyl (C=O) groups excluding carboxylic acids is 1. The molecule has 0 radical (unpaired) electrons. The molecule has 6 rings (SSSR count). The molecule has 1 spiro atoms. The van der Waals surface area contributed by atoms with E-state index in [4.69, 9.17) is 28.4 Å². The second-order valence-electron chi connectivity index (χ2n) is 12.1. The van der Waals surface area contributed by atoms with Crippen LogP contribution in [-0.4, -0.2) is 67.2 Å². The third-order valence-electron chi connectivity index (χ3n) is 8.96. The Hall–Kier alpha value is -0.830. The minimum absolute atomic E-state index is 0.0142. The molecule has 5 fully saturated rings. The van der Waals surface area contributed by atoms with Gasteiger partial charge in [0.25, 0.3) is 0 Å². The zero-order valence-corrected chi connectivity index (χ0v) is 20.0. The third-order valence-corrected chi connectivity index (χ3v) is 8.96. The minimum atomic E-state index is -0.874. The molecule has 8 atom stereocenters. The molecule has 32 heavy (non-hydrogen) atoms. The molecule has 4 aliphatic heterocycles. The molecular weight excluding hydrogens is 412 g/mol. The molecule has 2 aliphatic carbocycles. The van der Waals surface area contributed by atoms with Crippen LogP contribution >= 0.6 is 0 Å². The zero-order valence-electron chi connectivity index (χ0n) is 20.0. The molecule has 7 heteroatoms. The largest absolute Gasteiger partial charge is 0.366 e. The summed E-state index contributed by atoms with van der Waals surface area (Å²) in [7, 11) is 0. The van der Waals surface area contributed by atoms with Gasteiger partial charge in [0.15, 0.2) is 23.0 Å². The van der Waals surface area contributed by atoms with E-state index >= 15 is 0 Å². The lowest BCUT2D eigenvalue weighted by Gasteiger charge is -2.52. The molecule has 6 aliphatic rings. The topological polar surface area (TPSA) is 79.1 Å². The lowest BCUT2D eigenvalue weighted by molar-refractivity contribution is -0.307. The second-order valence-corrected chi connectivity index (χ2v) is 12.1. The highest BCUT2D eigenvalue weighted by Gasteiger charge is 2.77. The summed E-state index contributed by atoms with van der Waals surface area (Å²) < 4.78 is 36.7. The van der Waals surface area contributed by atoms with Crippen molar-refractivity contribution >= 4 is 5.78 Å². The highest BCUT2D eigenvalue weighted by Crippen LogP contribution is 2.65. The second kappa shape index (κ2) is 6.43. The summed E-state index contributed by atoms with van der Waals surface area (Å²) in [6, 6.07) is 0. The summed E-state index contributed by atoms with van der Waals surface area (Å²) in [5.74, 6) is -1.58. The normalized spacial score (nSPS) is 52.9. The molecule has 4 saturated heterocycles. The summed E-state index contributed by atoms with van der Waals surface area (Å²) in [5, 5.41) is 0. The van der Waals surface area contributed by atoms with Gasteiger partial charge >= 0.3 is 0 Å². The van der Waals surface area contributed by atoms with E-state index in [2.05, 4.69) is 32.9 Å². The van der Waals surface area contributed by atoms with Crippen molar-refractivity contribution < 1.29 is 33.2 Å². The maximum atomic E-state index is 14.6. The number of allylic oxidation sites excluding steroid dienone is 1. The van der Waals surface area contributed by atoms with Crippen molar-refractivity contribution in [3.05, 3.63) is 12.2 Å². The van der Waals surface area contributed by atoms with Crippen LogP contribution in [0.3, 0.4) is 0 Å². The molecule has 0 unspecified atom stereocenters. The molecule has 4 heterocycles. The van der Waals surface area contributed by atoms with Crippen LogP contribution in [-0.2, 0) is 33.2 Å². The van der Waals surface area contributed by atoms with Crippen molar-refractivity contribution in [1.29, 1.82) is 0 Å². The molecule has 178 valence electrons. The van der Waals surface area contributed by atoms with Crippen LogP contribution in [0.2, 0.25) is 0 Å². The summed E-state index contributed by atoms with van der Waals surface area (Å²) in [6.07, 6.45) is 5.40. The smallest absolute Gasteiger partial charge is 0.172 e. The lowest BCUT2D eigenvalue weighted by Crippen LogP contribution is -2.63. The van der Waals surface area contributed by atoms with Gasteiger partial charge in [-0.25, -0.2) is 0 Å². The van der Waals surface area contributed by atoms with Crippen LogP contribution in [0, 0.1) is 22.7 Å². The molecule has 0 aromatic rings. The lowest BCUT2D eigenvalue weighted by atomic mass is 9.54. The van der Waals surface area contributed by atoms with Gasteiger partial charge in [0, 0.05) is 29.1 Å². The van der Waals surface area contributed by atoms with Crippen molar-refractivity contribution in [2.45, 2.75) is 96.0 Å². The first-order chi connectivity index (χ1) is 14.9. The Kier molecular flexibility index (Phi) is 4.36. The molecule has 0 N–H and O–H groups in total. The molecule has 0 aromatic carbocycles. The SMILES string of the molecule is CC1(C)OC[C@@H]2[C@@H](O1)[C@H]1O[C@H]1[C@@]1(C)/C=C\CC(C)(C)[C@]3(O[C@@H]3CC3(C)OCCO3)C(=O)[C@@H]21. The number of ketones is 1. The third kappa shape index (κ3) is 2.85. The molecular formula is C25H36O7. The molecule has 0 amide bonds. The monoisotopic (exact) mass is 448 g/mol. The Morgan fingerprint density at radius 1 is 0.969 bits per heavy atom. The Bertz CT molecular complexity index is 858. The highest BCUT2D eigenvalue weighted by atomic mass is 16.7. The molecule has 1 saturated carbocycles. The van der Waals surface area contributed by atoms with Crippen molar-refractivity contribution in [1.82, 2.24) is 0 Å². The van der Waals surface area contributed by atoms with Crippen molar-refractivity contribution in [3.8, 4) is 0 Å². The molecule has 7 nitrogen and oxygen atoms in total. The maximum Gasteiger partial charge on any atom is 0.172 e. The van der Waals surface area contributed by atoms with Gasteiger partial charge in [0.2, 0.25) is 0 Å². The minimum Gasteiger partial charge on any atom is -0.366 e. The first kappa shape index (κ1) is 21.7. The molecule has 0 bridgehead atoms. The maximum absolute atomic E-state index is 14.6. The summed E-state index contributed by atoms with van der Waals surface area (Å²) in [5.41, 5.74) is -1.63. The first-order valence-electron chi connectivity index (χ1n) is 12.1. The van der Waals surface area contributed by atoms with E-state index < -0.39 is 22.6 Å². The number of ether oxygens (including phenoxy) is 6. The van der Waals surface area contributed by atoms with Gasteiger partial charge in [-0.1, -0.05) is 32.9 Å². The first-order valence-corrected chi connectivity index (χ1v) is 12.1. The van der Waals surface area contributed by atoms with Gasteiger partial charge in [-0.05, 0) is 27.2 Å². The number of Topliss-reactive ketones (excluding diaryl/α,β-unsaturated/α-hetero) is 1. The number of fused-ring (bicyclic) bond motifs is 6. The standard InChI is InChI=1S/C25H36O7/c1-21(2)8-7-9-23(5)16(14-13-29-22(3,4)32-17(14)18-20(23)30-18)19(26)25(21)15(31-25)12-24(6)27-10-11-28-24/h7,9,14-18,20H,8,10-13H2,1-6H3/b9-7-/t14-,15+,16+,17+,18+,20+,23-,25+/m0/s1. The zero-order chi connectivity index (χ0) is 22.7. The van der Waals surface area contributed by atoms with Crippen LogP contribution in [0.15, 0.2) is 12.2 Å². The van der Waals surface area contributed by atoms with Crippen LogP contribution in [0.4, 0.5) is 0 Å². The Balaban J connectivity index is 1.38. The predicted octanol–water partition coefficient (Wildman–Crippen LogP) is 3.00. The number of carbonyl (C=O) groups is 1. The predicted molar refractivity (Wildman–Crippen MR) is 114 cm³/mol. The van der Waals surface area contributed by atoms with Crippen molar-refractivity contribution in [3.63, 3.8) is 0 Å². The van der Waals surface area contributed by atoms with Gasteiger partial charge in [-0.2, -0.15) is 0 Å². The number of epoxide rings is 2. The van der Waals surface area contributed by atoms with Gasteiger partial charge in [-0.15, -0.1) is 0 Å². The van der Waals surface area contributed by atoms with E-state index in [0.717, 1.165) is 6.42 Å². The van der Waals surface area contributed by atoms with Crippen molar-refractivity contribution in [2.24, 2.45) is 22.7 Å². The van der Waals surface area contributed by atoms with E-state index in [1.807, 2.05) is 20.8 Å². The fourth-order valence-electron chi connectivity index (χ4n) is 7.15. The quantitative estimate of drug-likeness (QED) is 0.475. The Labute approximate surface area is 190 Å². The van der Waals surface area contributed by atoms with E-state index in [1.165, 1.54) is 0 Å². The summed E-state index contributed by atoms with van der Waals surface area (Å²) >= 11 is 0. The van der Waals surface area contributed by atoms with Gasteiger partial charge < -0.3 is 28.4 Å². The fourth-order valence-corrected chi connectivity index (χ4v) is 7.15. The van der Waals surface area contributed by atoms with E-state index in [0.29, 0.717) is 26.2 Å². The molecule has 0 aromatic heterocycles. The van der Waals surface area contributed by atoms with Crippen LogP contribution in [0.25, 0.3) is 0 Å². The highest BCUT2D eigenvalue weighted by molar-refractivity contribution is 5.95. The van der Waals surface area contributed by atoms with Crippen LogP contribution in [0.5, 0.6) is 0 Å². The van der Waals surface area contributed by atoms with Gasteiger partial charge in [0.05, 0.1) is 32.0 Å². The summed E-state index contributed by atoms with van der Waals surface area (Å²) in [6.45, 7) is 13.9. The van der Waals surface area contributed by atoms with Crippen LogP contribution < -0.4 is 0 Å². The van der Waals surface area contributed by atoms with E-state index in [9.17, 15) is 4.79 Å². The number of hydrogen-bond donors (Lipinski definition) is 0. The average Bonchev–Trinajstić information content (AvgIpc) is 3.58. The van der Waals surface area contributed by atoms with E-state index in [1.54, 1.807) is 0 Å². The average molecular weight is 449 g/mol. The Morgan fingerprint density at radius 2 is 1.69 bits per heavy atom. The van der Waals surface area contributed by atoms with E-state index in [-0.39, 0.29) is 47.4 Å². The summed E-state index contributed by atoms with van der Waals surface area (Å²) in [4.78, 5) is 14.6. The van der Waals surface area contributed by atoms with Crippen LogP contribution in [0.1, 0.15) is 54.4 Å². The van der Waals surface area contributed by atoms with Gasteiger partial charge in [-0.3, -0.25) is 4.79 Å².